The third-order valence-corrected chi connectivity index (χ3v) is 16.0. The van der Waals surface area contributed by atoms with Crippen LogP contribution in [0, 0.1) is 164 Å². The fraction of sp³-hybridized carbons (Fsp3) is 0.100. The molecule has 0 bridgehead atoms. The maximum Gasteiger partial charge on any atom is 0.416 e. The summed E-state index contributed by atoms with van der Waals surface area (Å²) in [6.07, 6.45) is -19.2. The molecule has 10 aromatic carbocycles. The van der Waals surface area contributed by atoms with Gasteiger partial charge >= 0.3 is 48.6 Å². The molecule has 0 aromatic heterocycles. The van der Waals surface area contributed by atoms with E-state index in [2.05, 4.69) is 47.4 Å². The van der Waals surface area contributed by atoms with Crippen LogP contribution in [-0.2, 0) is 70.1 Å². The van der Waals surface area contributed by atoms with E-state index < -0.39 is 280 Å². The van der Waals surface area contributed by atoms with Crippen molar-refractivity contribution in [3.8, 4) is 47.4 Å². The quantitative estimate of drug-likeness (QED) is 0.0297. The van der Waals surface area contributed by atoms with Crippen molar-refractivity contribution in [1.29, 1.82) is 0 Å². The zero-order valence-corrected chi connectivity index (χ0v) is 57.7. The summed E-state index contributed by atoms with van der Waals surface area (Å²) in [6.45, 7) is -6.63. The van der Waals surface area contributed by atoms with Gasteiger partial charge in [0.25, 0.3) is 0 Å². The molecule has 10 rings (SSSR count). The van der Waals surface area contributed by atoms with Gasteiger partial charge in [-0.25, -0.2) is 107 Å². The van der Waals surface area contributed by atoms with Gasteiger partial charge in [0.05, 0.1) is 66.8 Å². The second-order valence-corrected chi connectivity index (χ2v) is 23.7. The summed E-state index contributed by atoms with van der Waals surface area (Å²) in [5.74, 6) is -37.3. The molecule has 0 aliphatic carbocycles. The first-order chi connectivity index (χ1) is 56.0. The van der Waals surface area contributed by atoms with Crippen LogP contribution in [0.2, 0.25) is 0 Å². The molecule has 0 N–H and O–H groups in total. The molecule has 0 saturated heterocycles. The standard InChI is InChI=1S/2C40H14F16O4/c2*41-27-25(28(42)32(46)35(49)31(27)45)15-59-37(57)23-14-20(8-2-18-5-11-22(12-6-18)40(54,55)56)24(13-19(23)7-1-17-3-9-21(10-4-17)39(51,52)53)38(58)60-16-26-29(43)33(47)36(50)34(48)30(26)44/h2*3-6,9-14H,15-16H2. The number of carbonyl (C=O) groups excluding carboxylic acids is 4. The van der Waals surface area contributed by atoms with Crippen molar-refractivity contribution in [1.82, 2.24) is 0 Å². The minimum absolute atomic E-state index is 0.203. The molecule has 0 spiro atoms. The number of benzene rings is 10. The zero-order chi connectivity index (χ0) is 88.9. The molecular weight excluding hydrogens is 1700 g/mol. The molecule has 120 heavy (non-hydrogen) atoms. The van der Waals surface area contributed by atoms with Crippen LogP contribution in [0.5, 0.6) is 0 Å². The van der Waals surface area contributed by atoms with E-state index in [4.69, 9.17) is 18.9 Å². The van der Waals surface area contributed by atoms with E-state index in [1.54, 1.807) is 0 Å². The van der Waals surface area contributed by atoms with Gasteiger partial charge in [-0.05, 0) is 121 Å². The molecule has 40 heteroatoms. The largest absolute Gasteiger partial charge is 0.457 e. The Morgan fingerprint density at radius 1 is 0.208 bits per heavy atom. The number of ether oxygens (including phenoxy) is 4. The second kappa shape index (κ2) is 35.9. The molecule has 0 aliphatic heterocycles. The van der Waals surface area contributed by atoms with Crippen LogP contribution in [0.4, 0.5) is 140 Å². The molecule has 0 aliphatic rings. The molecule has 0 atom stereocenters. The highest BCUT2D eigenvalue weighted by Gasteiger charge is 2.37. The third-order valence-electron chi connectivity index (χ3n) is 16.0. The summed E-state index contributed by atoms with van der Waals surface area (Å²) in [5.41, 5.74) is -18.2. The van der Waals surface area contributed by atoms with Gasteiger partial charge < -0.3 is 18.9 Å². The molecule has 0 heterocycles. The number of carbonyl (C=O) groups is 4. The Kier molecular flexibility index (Phi) is 26.9. The van der Waals surface area contributed by atoms with Crippen molar-refractivity contribution in [3.05, 3.63) is 349 Å². The lowest BCUT2D eigenvalue weighted by Gasteiger charge is -2.13. The average molecular weight is 1730 g/mol. The molecule has 0 unspecified atom stereocenters. The van der Waals surface area contributed by atoms with E-state index in [1.165, 1.54) is 0 Å². The molecule has 8 nitrogen and oxygen atoms in total. The van der Waals surface area contributed by atoms with Gasteiger partial charge in [-0.15, -0.1) is 0 Å². The lowest BCUT2D eigenvalue weighted by molar-refractivity contribution is -0.138. The average Bonchev–Trinajstić information content (AvgIpc) is 0.795. The number of hydrogen-bond acceptors (Lipinski definition) is 8. The number of rotatable bonds is 12. The maximum atomic E-state index is 14.4. The lowest BCUT2D eigenvalue weighted by atomic mass is 9.97. The van der Waals surface area contributed by atoms with E-state index in [9.17, 15) is 160 Å². The summed E-state index contributed by atoms with van der Waals surface area (Å²) in [7, 11) is 0. The fourth-order valence-electron chi connectivity index (χ4n) is 9.79. The molecule has 0 amide bonds. The van der Waals surface area contributed by atoms with E-state index >= 15 is 0 Å². The Balaban J connectivity index is 0.000000273. The number of hydrogen-bond donors (Lipinski definition) is 0. The van der Waals surface area contributed by atoms with Gasteiger partial charge in [0.15, 0.2) is 93.1 Å². The summed E-state index contributed by atoms with van der Waals surface area (Å²) in [6, 6.07) is 13.9. The Morgan fingerprint density at radius 2 is 0.342 bits per heavy atom. The van der Waals surface area contributed by atoms with Crippen LogP contribution in [0.25, 0.3) is 0 Å². The maximum absolute atomic E-state index is 14.4. The summed E-state index contributed by atoms with van der Waals surface area (Å²) in [5, 5.41) is 0. The predicted molar refractivity (Wildman–Crippen MR) is 344 cm³/mol. The molecule has 0 radical (unpaired) electrons. The van der Waals surface area contributed by atoms with E-state index in [0.717, 1.165) is 48.5 Å². The Morgan fingerprint density at radius 3 is 0.475 bits per heavy atom. The minimum atomic E-state index is -4.79. The summed E-state index contributed by atoms with van der Waals surface area (Å²) < 4.78 is 456. The Labute approximate surface area is 648 Å². The first-order valence-electron chi connectivity index (χ1n) is 31.8. The summed E-state index contributed by atoms with van der Waals surface area (Å²) >= 11 is 0. The monoisotopic (exact) mass is 1720 g/mol. The lowest BCUT2D eigenvalue weighted by Crippen LogP contribution is -2.15. The van der Waals surface area contributed by atoms with E-state index in [0.29, 0.717) is 72.8 Å². The molecular formula is C80H28F32O8. The number of halogens is 32. The number of alkyl halides is 12. The van der Waals surface area contributed by atoms with Crippen molar-refractivity contribution in [2.24, 2.45) is 0 Å². The molecule has 10 aromatic rings. The smallest absolute Gasteiger partial charge is 0.416 e. The predicted octanol–water partition coefficient (Wildman–Crippen LogP) is 21.3. The van der Waals surface area contributed by atoms with E-state index in [1.807, 2.05) is 0 Å². The van der Waals surface area contributed by atoms with Crippen LogP contribution in [-0.4, -0.2) is 23.9 Å². The van der Waals surface area contributed by atoms with Gasteiger partial charge in [0.1, 0.15) is 26.4 Å². The molecule has 0 fully saturated rings. The zero-order valence-electron chi connectivity index (χ0n) is 57.7. The van der Waals surface area contributed by atoms with E-state index in [-0.39, 0.29) is 22.3 Å². The highest BCUT2D eigenvalue weighted by atomic mass is 19.4. The minimum Gasteiger partial charge on any atom is -0.457 e. The van der Waals surface area contributed by atoms with Gasteiger partial charge in [-0.2, -0.15) is 52.7 Å². The van der Waals surface area contributed by atoms with Crippen molar-refractivity contribution in [2.45, 2.75) is 51.1 Å². The number of esters is 4. The highest BCUT2D eigenvalue weighted by molar-refractivity contribution is 5.99. The van der Waals surface area contributed by atoms with Crippen LogP contribution in [0.3, 0.4) is 0 Å². The Hall–Kier alpha value is -13.9. The second-order valence-electron chi connectivity index (χ2n) is 23.7. The van der Waals surface area contributed by atoms with Gasteiger partial charge in [0.2, 0.25) is 23.3 Å². The van der Waals surface area contributed by atoms with Crippen LogP contribution in [0.1, 0.15) is 130 Å². The topological polar surface area (TPSA) is 105 Å². The van der Waals surface area contributed by atoms with Crippen LogP contribution in [0.15, 0.2) is 121 Å². The van der Waals surface area contributed by atoms with Crippen molar-refractivity contribution < 1.29 is 179 Å². The first kappa shape index (κ1) is 90.0. The van der Waals surface area contributed by atoms with Crippen molar-refractivity contribution in [2.75, 3.05) is 0 Å². The SMILES string of the molecule is O=C(OCc1c(F)c(F)c(F)c(F)c1F)c1cc(C#Cc2ccc(C(F)(F)F)cc2)c(C(=O)OCc2c(F)c(F)c(F)c(F)c2F)cc1C#Cc1ccc(C(F)(F)F)cc1.O=C(OCc1c(F)c(F)c(F)c(F)c1F)c1cc(C#Cc2ccc(C(F)(F)F)cc2)c(C(=O)OCc2c(F)c(F)c(F)c(F)c2F)cc1C#Cc1ccc(C(F)(F)F)cc1. The highest BCUT2D eigenvalue weighted by Crippen LogP contribution is 2.36. The van der Waals surface area contributed by atoms with Gasteiger partial charge in [-0.1, -0.05) is 47.4 Å². The first-order valence-corrected chi connectivity index (χ1v) is 31.8. The molecule has 620 valence electrons. The summed E-state index contributed by atoms with van der Waals surface area (Å²) in [4.78, 5) is 53.6. The van der Waals surface area contributed by atoms with Gasteiger partial charge in [0, 0.05) is 44.5 Å². The van der Waals surface area contributed by atoms with Crippen LogP contribution < -0.4 is 0 Å². The van der Waals surface area contributed by atoms with Crippen molar-refractivity contribution >= 4 is 23.9 Å². The normalized spacial score (nSPS) is 11.3. The molecule has 0 saturated carbocycles. The van der Waals surface area contributed by atoms with Gasteiger partial charge in [-0.3, -0.25) is 0 Å². The fourth-order valence-corrected chi connectivity index (χ4v) is 9.79. The Bertz CT molecular complexity index is 5210. The third kappa shape index (κ3) is 20.2. The van der Waals surface area contributed by atoms with Crippen molar-refractivity contribution in [3.63, 3.8) is 0 Å². The van der Waals surface area contributed by atoms with Crippen LogP contribution >= 0.6 is 0 Å².